The zero-order valence-electron chi connectivity index (χ0n) is 13.1. The molecule has 0 spiro atoms. The summed E-state index contributed by atoms with van der Waals surface area (Å²) in [5.74, 6) is -0.266. The fourth-order valence-corrected chi connectivity index (χ4v) is 2.48. The number of amides is 2. The van der Waals surface area contributed by atoms with Crippen LogP contribution in [0.1, 0.15) is 31.2 Å². The number of nitrogens with zero attached hydrogens (tertiary/aromatic N) is 1. The normalized spacial score (nSPS) is 15.2. The maximum absolute atomic E-state index is 12.0. The van der Waals surface area contributed by atoms with Gasteiger partial charge in [-0.3, -0.25) is 9.59 Å². The Balaban J connectivity index is 1.67. The fourth-order valence-electron chi connectivity index (χ4n) is 2.48. The van der Waals surface area contributed by atoms with Crippen molar-refractivity contribution in [1.82, 2.24) is 4.90 Å². The van der Waals surface area contributed by atoms with E-state index in [4.69, 9.17) is 4.74 Å². The summed E-state index contributed by atoms with van der Waals surface area (Å²) < 4.78 is 5.24. The zero-order chi connectivity index (χ0) is 15.8. The van der Waals surface area contributed by atoms with Crippen LogP contribution in [-0.4, -0.2) is 43.0 Å². The Morgan fingerprint density at radius 3 is 2.32 bits per heavy atom. The SMILES string of the molecule is Cc1ccc(NC(=O)COCC(=O)N2CCCCCC2)cc1. The lowest BCUT2D eigenvalue weighted by Crippen LogP contribution is -2.35. The number of likely N-dealkylation sites (tertiary alicyclic amines) is 1. The van der Waals surface area contributed by atoms with Crippen LogP contribution in [0.5, 0.6) is 0 Å². The van der Waals surface area contributed by atoms with Crippen LogP contribution >= 0.6 is 0 Å². The summed E-state index contributed by atoms with van der Waals surface area (Å²) in [5, 5.41) is 2.74. The molecular formula is C17H24N2O3. The predicted octanol–water partition coefficient (Wildman–Crippen LogP) is 2.35. The molecule has 1 heterocycles. The van der Waals surface area contributed by atoms with Gasteiger partial charge in [-0.1, -0.05) is 30.5 Å². The number of nitrogens with one attached hydrogen (secondary N) is 1. The summed E-state index contributed by atoms with van der Waals surface area (Å²) in [6, 6.07) is 7.55. The summed E-state index contributed by atoms with van der Waals surface area (Å²) in [6.07, 6.45) is 4.48. The minimum atomic E-state index is -0.243. The average molecular weight is 304 g/mol. The van der Waals surface area contributed by atoms with E-state index in [0.717, 1.165) is 37.2 Å². The Labute approximate surface area is 131 Å². The lowest BCUT2D eigenvalue weighted by Gasteiger charge is -2.20. The summed E-state index contributed by atoms with van der Waals surface area (Å²) in [4.78, 5) is 25.6. The summed E-state index contributed by atoms with van der Waals surface area (Å²) in [7, 11) is 0. The molecule has 1 aliphatic rings. The van der Waals surface area contributed by atoms with Crippen LogP contribution in [0, 0.1) is 6.92 Å². The monoisotopic (exact) mass is 304 g/mol. The van der Waals surface area contributed by atoms with Crippen LogP contribution in [0.3, 0.4) is 0 Å². The van der Waals surface area contributed by atoms with E-state index in [2.05, 4.69) is 5.32 Å². The molecule has 120 valence electrons. The van der Waals surface area contributed by atoms with Gasteiger partial charge in [-0.2, -0.15) is 0 Å². The van der Waals surface area contributed by atoms with Gasteiger partial charge in [0.25, 0.3) is 0 Å². The number of aryl methyl sites for hydroxylation is 1. The molecule has 0 aliphatic carbocycles. The minimum absolute atomic E-state index is 0.0231. The van der Waals surface area contributed by atoms with E-state index >= 15 is 0 Å². The molecule has 1 saturated heterocycles. The number of carbonyl (C=O) groups excluding carboxylic acids is 2. The second kappa shape index (κ2) is 8.54. The van der Waals surface area contributed by atoms with Gasteiger partial charge in [-0.15, -0.1) is 0 Å². The minimum Gasteiger partial charge on any atom is -0.362 e. The highest BCUT2D eigenvalue weighted by Gasteiger charge is 2.15. The summed E-state index contributed by atoms with van der Waals surface area (Å²) in [6.45, 7) is 3.47. The number of benzene rings is 1. The van der Waals surface area contributed by atoms with Crippen LogP contribution in [-0.2, 0) is 14.3 Å². The van der Waals surface area contributed by atoms with E-state index in [1.807, 2.05) is 36.1 Å². The third kappa shape index (κ3) is 5.48. The van der Waals surface area contributed by atoms with Crippen LogP contribution in [0.15, 0.2) is 24.3 Å². The van der Waals surface area contributed by atoms with E-state index in [1.54, 1.807) is 0 Å². The van der Waals surface area contributed by atoms with Crippen molar-refractivity contribution in [2.45, 2.75) is 32.6 Å². The van der Waals surface area contributed by atoms with Crippen molar-refractivity contribution in [2.75, 3.05) is 31.6 Å². The van der Waals surface area contributed by atoms with E-state index in [-0.39, 0.29) is 25.0 Å². The van der Waals surface area contributed by atoms with Crippen LogP contribution < -0.4 is 5.32 Å². The molecule has 2 rings (SSSR count). The van der Waals surface area contributed by atoms with Crippen molar-refractivity contribution < 1.29 is 14.3 Å². The number of anilines is 1. The third-order valence-corrected chi connectivity index (χ3v) is 3.75. The Morgan fingerprint density at radius 1 is 1.05 bits per heavy atom. The third-order valence-electron chi connectivity index (χ3n) is 3.75. The van der Waals surface area contributed by atoms with Crippen molar-refractivity contribution in [1.29, 1.82) is 0 Å². The molecule has 2 amide bonds. The molecule has 1 aliphatic heterocycles. The first kappa shape index (κ1) is 16.5. The first-order chi connectivity index (χ1) is 10.6. The van der Waals surface area contributed by atoms with Crippen LogP contribution in [0.25, 0.3) is 0 Å². The van der Waals surface area contributed by atoms with Crippen LogP contribution in [0.4, 0.5) is 5.69 Å². The van der Waals surface area contributed by atoms with Crippen molar-refractivity contribution >= 4 is 17.5 Å². The smallest absolute Gasteiger partial charge is 0.250 e. The van der Waals surface area contributed by atoms with Gasteiger partial charge in [0.1, 0.15) is 13.2 Å². The molecule has 0 atom stereocenters. The topological polar surface area (TPSA) is 58.6 Å². The van der Waals surface area contributed by atoms with E-state index in [1.165, 1.54) is 12.8 Å². The second-order valence-electron chi connectivity index (χ2n) is 5.70. The standard InChI is InChI=1S/C17H24N2O3/c1-14-6-8-15(9-7-14)18-16(20)12-22-13-17(21)19-10-4-2-3-5-11-19/h6-9H,2-5,10-13H2,1H3,(H,18,20). The number of rotatable bonds is 5. The lowest BCUT2D eigenvalue weighted by atomic mass is 10.2. The first-order valence-electron chi connectivity index (χ1n) is 7.87. The van der Waals surface area contributed by atoms with Gasteiger partial charge >= 0.3 is 0 Å². The molecule has 1 fully saturated rings. The second-order valence-corrected chi connectivity index (χ2v) is 5.70. The quantitative estimate of drug-likeness (QED) is 0.908. The van der Waals surface area contributed by atoms with Gasteiger partial charge in [0.05, 0.1) is 0 Å². The van der Waals surface area contributed by atoms with Crippen molar-refractivity contribution in [2.24, 2.45) is 0 Å². The van der Waals surface area contributed by atoms with Gasteiger partial charge < -0.3 is 15.0 Å². The maximum atomic E-state index is 12.0. The zero-order valence-corrected chi connectivity index (χ0v) is 13.1. The highest BCUT2D eigenvalue weighted by Crippen LogP contribution is 2.10. The number of hydrogen-bond acceptors (Lipinski definition) is 3. The van der Waals surface area contributed by atoms with E-state index < -0.39 is 0 Å². The molecule has 0 bridgehead atoms. The summed E-state index contributed by atoms with van der Waals surface area (Å²) >= 11 is 0. The number of ether oxygens (including phenoxy) is 1. The van der Waals surface area contributed by atoms with Crippen molar-refractivity contribution in [3.63, 3.8) is 0 Å². The Morgan fingerprint density at radius 2 is 1.68 bits per heavy atom. The maximum Gasteiger partial charge on any atom is 0.250 e. The predicted molar refractivity (Wildman–Crippen MR) is 85.7 cm³/mol. The molecular weight excluding hydrogens is 280 g/mol. The van der Waals surface area contributed by atoms with Gasteiger partial charge in [0.2, 0.25) is 11.8 Å². The molecule has 0 radical (unpaired) electrons. The van der Waals surface area contributed by atoms with Crippen molar-refractivity contribution in [3.8, 4) is 0 Å². The molecule has 1 N–H and O–H groups in total. The van der Waals surface area contributed by atoms with Crippen LogP contribution in [0.2, 0.25) is 0 Å². The highest BCUT2D eigenvalue weighted by atomic mass is 16.5. The number of carbonyl (C=O) groups is 2. The van der Waals surface area contributed by atoms with Gasteiger partial charge in [-0.05, 0) is 31.9 Å². The Bertz CT molecular complexity index is 491. The molecule has 1 aromatic rings. The molecule has 22 heavy (non-hydrogen) atoms. The van der Waals surface area contributed by atoms with Crippen molar-refractivity contribution in [3.05, 3.63) is 29.8 Å². The Hall–Kier alpha value is -1.88. The summed E-state index contributed by atoms with van der Waals surface area (Å²) in [5.41, 5.74) is 1.87. The lowest BCUT2D eigenvalue weighted by molar-refractivity contribution is -0.137. The molecule has 5 heteroatoms. The number of hydrogen-bond donors (Lipinski definition) is 1. The molecule has 0 aromatic heterocycles. The largest absolute Gasteiger partial charge is 0.362 e. The van der Waals surface area contributed by atoms with E-state index in [0.29, 0.717) is 0 Å². The first-order valence-corrected chi connectivity index (χ1v) is 7.87. The van der Waals surface area contributed by atoms with Gasteiger partial charge in [0.15, 0.2) is 0 Å². The van der Waals surface area contributed by atoms with Gasteiger partial charge in [0, 0.05) is 18.8 Å². The fraction of sp³-hybridized carbons (Fsp3) is 0.529. The molecule has 1 aromatic carbocycles. The van der Waals surface area contributed by atoms with E-state index in [9.17, 15) is 9.59 Å². The Kier molecular flexibility index (Phi) is 6.40. The highest BCUT2D eigenvalue weighted by molar-refractivity contribution is 5.91. The average Bonchev–Trinajstić information content (AvgIpc) is 2.79. The van der Waals surface area contributed by atoms with Gasteiger partial charge in [-0.25, -0.2) is 0 Å². The molecule has 0 unspecified atom stereocenters. The molecule has 0 saturated carbocycles. The molecule has 5 nitrogen and oxygen atoms in total.